The minimum Gasteiger partial charge on any atom is -0.395 e. The van der Waals surface area contributed by atoms with E-state index in [-0.39, 0.29) is 11.9 Å². The van der Waals surface area contributed by atoms with Crippen molar-refractivity contribution < 1.29 is 5.11 Å². The van der Waals surface area contributed by atoms with E-state index in [0.717, 1.165) is 24.5 Å². The lowest BCUT2D eigenvalue weighted by Gasteiger charge is -2.06. The highest BCUT2D eigenvalue weighted by Gasteiger charge is 2.07. The standard InChI is InChI=1S/C8H16N4OS/c1-3-4-12-8(9-10-11-12)6-14-7(2)5-13/h7,13H,3-6H2,1-2H3/t7-/m1/s1. The Kier molecular flexibility index (Phi) is 4.89. The summed E-state index contributed by atoms with van der Waals surface area (Å²) >= 11 is 1.66. The SMILES string of the molecule is CCCn1nnnc1CS[C@H](C)CO. The third-order valence-electron chi connectivity index (χ3n) is 1.80. The fraction of sp³-hybridized carbons (Fsp3) is 0.875. The molecule has 0 aliphatic heterocycles. The van der Waals surface area contributed by atoms with E-state index in [4.69, 9.17) is 5.11 Å². The second-order valence-corrected chi connectivity index (χ2v) is 4.55. The molecule has 0 unspecified atom stereocenters. The first-order valence-electron chi connectivity index (χ1n) is 4.75. The topological polar surface area (TPSA) is 63.8 Å². The van der Waals surface area contributed by atoms with Crippen molar-refractivity contribution in [2.45, 2.75) is 37.8 Å². The Balaban J connectivity index is 2.45. The molecule has 14 heavy (non-hydrogen) atoms. The third-order valence-corrected chi connectivity index (χ3v) is 2.94. The van der Waals surface area contributed by atoms with E-state index < -0.39 is 0 Å². The van der Waals surface area contributed by atoms with Gasteiger partial charge < -0.3 is 5.11 Å². The molecule has 6 heteroatoms. The fourth-order valence-electron chi connectivity index (χ4n) is 0.982. The van der Waals surface area contributed by atoms with Crippen LogP contribution in [0.1, 0.15) is 26.1 Å². The van der Waals surface area contributed by atoms with Crippen molar-refractivity contribution in [3.05, 3.63) is 5.82 Å². The van der Waals surface area contributed by atoms with Gasteiger partial charge in [-0.1, -0.05) is 13.8 Å². The van der Waals surface area contributed by atoms with Gasteiger partial charge in [-0.05, 0) is 16.8 Å². The van der Waals surface area contributed by atoms with Crippen LogP contribution < -0.4 is 0 Å². The molecular weight excluding hydrogens is 200 g/mol. The van der Waals surface area contributed by atoms with Gasteiger partial charge in [0.15, 0.2) is 5.82 Å². The molecule has 1 aromatic rings. The quantitative estimate of drug-likeness (QED) is 0.758. The molecule has 0 amide bonds. The average molecular weight is 216 g/mol. The molecule has 0 saturated heterocycles. The van der Waals surface area contributed by atoms with Gasteiger partial charge in [-0.2, -0.15) is 0 Å². The maximum atomic E-state index is 8.86. The summed E-state index contributed by atoms with van der Waals surface area (Å²) < 4.78 is 1.82. The van der Waals surface area contributed by atoms with Gasteiger partial charge in [0.2, 0.25) is 0 Å². The van der Waals surface area contributed by atoms with E-state index in [0.29, 0.717) is 0 Å². The van der Waals surface area contributed by atoms with Crippen molar-refractivity contribution in [1.82, 2.24) is 20.2 Å². The number of aryl methyl sites for hydroxylation is 1. The second kappa shape index (κ2) is 5.98. The molecular formula is C8H16N4OS. The molecule has 1 heterocycles. The average Bonchev–Trinajstić information content (AvgIpc) is 2.62. The highest BCUT2D eigenvalue weighted by molar-refractivity contribution is 7.99. The maximum absolute atomic E-state index is 8.86. The lowest BCUT2D eigenvalue weighted by molar-refractivity contribution is 0.300. The summed E-state index contributed by atoms with van der Waals surface area (Å²) in [5, 5.41) is 20.6. The molecule has 0 aromatic carbocycles. The summed E-state index contributed by atoms with van der Waals surface area (Å²) in [6, 6.07) is 0. The van der Waals surface area contributed by atoms with Gasteiger partial charge in [0.25, 0.3) is 0 Å². The van der Waals surface area contributed by atoms with Crippen molar-refractivity contribution in [2.24, 2.45) is 0 Å². The second-order valence-electron chi connectivity index (χ2n) is 3.12. The van der Waals surface area contributed by atoms with Gasteiger partial charge in [0.05, 0.1) is 12.4 Å². The maximum Gasteiger partial charge on any atom is 0.161 e. The Bertz CT molecular complexity index is 266. The summed E-state index contributed by atoms with van der Waals surface area (Å²) in [7, 11) is 0. The predicted molar refractivity (Wildman–Crippen MR) is 56.0 cm³/mol. The van der Waals surface area contributed by atoms with Gasteiger partial charge in [0.1, 0.15) is 0 Å². The molecule has 0 fully saturated rings. The molecule has 0 radical (unpaired) electrons. The van der Waals surface area contributed by atoms with Gasteiger partial charge in [-0.25, -0.2) is 4.68 Å². The monoisotopic (exact) mass is 216 g/mol. The summed E-state index contributed by atoms with van der Waals surface area (Å²) in [5.74, 6) is 1.64. The number of aromatic nitrogens is 4. The van der Waals surface area contributed by atoms with Gasteiger partial charge in [0, 0.05) is 11.8 Å². The Morgan fingerprint density at radius 3 is 3.00 bits per heavy atom. The number of nitrogens with zero attached hydrogens (tertiary/aromatic N) is 4. The van der Waals surface area contributed by atoms with Crippen molar-refractivity contribution in [1.29, 1.82) is 0 Å². The van der Waals surface area contributed by atoms with Crippen LogP contribution in [0.25, 0.3) is 0 Å². The number of tetrazole rings is 1. The zero-order chi connectivity index (χ0) is 10.4. The van der Waals surface area contributed by atoms with E-state index in [1.54, 1.807) is 11.8 Å². The van der Waals surface area contributed by atoms with Crippen molar-refractivity contribution in [2.75, 3.05) is 6.61 Å². The number of thioether (sulfide) groups is 1. The normalized spacial score (nSPS) is 13.1. The molecule has 0 aliphatic rings. The Hall–Kier alpha value is -0.620. The number of aliphatic hydroxyl groups excluding tert-OH is 1. The lowest BCUT2D eigenvalue weighted by atomic mass is 10.5. The predicted octanol–water partition coefficient (Wildman–Crippen LogP) is 0.697. The van der Waals surface area contributed by atoms with Crippen LogP contribution in [-0.4, -0.2) is 37.2 Å². The fourth-order valence-corrected chi connectivity index (χ4v) is 1.73. The van der Waals surface area contributed by atoms with Crippen LogP contribution in [0.3, 0.4) is 0 Å². The lowest BCUT2D eigenvalue weighted by Crippen LogP contribution is -2.07. The van der Waals surface area contributed by atoms with E-state index in [9.17, 15) is 0 Å². The minimum absolute atomic E-state index is 0.194. The Labute approximate surface area is 87.9 Å². The zero-order valence-electron chi connectivity index (χ0n) is 8.55. The summed E-state index contributed by atoms with van der Waals surface area (Å²) in [6.45, 7) is 5.13. The number of hydrogen-bond acceptors (Lipinski definition) is 5. The largest absolute Gasteiger partial charge is 0.395 e. The van der Waals surface area contributed by atoms with Crippen molar-refractivity contribution in [3.8, 4) is 0 Å². The molecule has 5 nitrogen and oxygen atoms in total. The molecule has 1 atom stereocenters. The van der Waals surface area contributed by atoms with Crippen LogP contribution in [0.5, 0.6) is 0 Å². The number of rotatable bonds is 6. The molecule has 0 bridgehead atoms. The zero-order valence-corrected chi connectivity index (χ0v) is 9.37. The van der Waals surface area contributed by atoms with Crippen LogP contribution in [0.2, 0.25) is 0 Å². The Morgan fingerprint density at radius 1 is 1.57 bits per heavy atom. The first-order chi connectivity index (χ1) is 6.77. The van der Waals surface area contributed by atoms with Crippen LogP contribution in [0, 0.1) is 0 Å². The molecule has 0 spiro atoms. The third kappa shape index (κ3) is 3.26. The molecule has 1 aromatic heterocycles. The molecule has 0 aliphatic carbocycles. The van der Waals surface area contributed by atoms with Crippen LogP contribution >= 0.6 is 11.8 Å². The van der Waals surface area contributed by atoms with E-state index in [2.05, 4.69) is 22.4 Å². The highest BCUT2D eigenvalue weighted by atomic mass is 32.2. The van der Waals surface area contributed by atoms with E-state index >= 15 is 0 Å². The van der Waals surface area contributed by atoms with Gasteiger partial charge >= 0.3 is 0 Å². The first-order valence-corrected chi connectivity index (χ1v) is 5.80. The molecule has 80 valence electrons. The van der Waals surface area contributed by atoms with Crippen LogP contribution in [-0.2, 0) is 12.3 Å². The Morgan fingerprint density at radius 2 is 2.36 bits per heavy atom. The van der Waals surface area contributed by atoms with E-state index in [1.165, 1.54) is 0 Å². The molecule has 0 saturated carbocycles. The van der Waals surface area contributed by atoms with Crippen molar-refractivity contribution in [3.63, 3.8) is 0 Å². The summed E-state index contributed by atoms with van der Waals surface area (Å²) in [6.07, 6.45) is 1.03. The van der Waals surface area contributed by atoms with Gasteiger partial charge in [-0.15, -0.1) is 16.9 Å². The summed E-state index contributed by atoms with van der Waals surface area (Å²) in [5.41, 5.74) is 0. The smallest absolute Gasteiger partial charge is 0.161 e. The summed E-state index contributed by atoms with van der Waals surface area (Å²) in [4.78, 5) is 0. The van der Waals surface area contributed by atoms with Gasteiger partial charge in [-0.3, -0.25) is 0 Å². The molecule has 1 N–H and O–H groups in total. The van der Waals surface area contributed by atoms with Crippen LogP contribution in [0.15, 0.2) is 0 Å². The number of hydrogen-bond donors (Lipinski definition) is 1. The first kappa shape index (κ1) is 11.5. The highest BCUT2D eigenvalue weighted by Crippen LogP contribution is 2.14. The van der Waals surface area contributed by atoms with Crippen LogP contribution in [0.4, 0.5) is 0 Å². The molecule has 1 rings (SSSR count). The van der Waals surface area contributed by atoms with E-state index in [1.807, 2.05) is 11.6 Å². The number of aliphatic hydroxyl groups is 1. The minimum atomic E-state index is 0.194. The van der Waals surface area contributed by atoms with Crippen molar-refractivity contribution >= 4 is 11.8 Å².